The second-order valence-electron chi connectivity index (χ2n) is 8.44. The number of H-pyrrole nitrogens is 1. The second kappa shape index (κ2) is 12.5. The largest absolute Gasteiger partial charge is 0.480 e. The molecular weight excluding hydrogens is 440 g/mol. The van der Waals surface area contributed by atoms with E-state index >= 15 is 0 Å². The minimum absolute atomic E-state index is 0.00555. The van der Waals surface area contributed by atoms with Crippen LogP contribution in [0, 0.1) is 5.92 Å². The fourth-order valence-corrected chi connectivity index (χ4v) is 3.24. The predicted octanol–water partition coefficient (Wildman–Crippen LogP) is -0.263. The number of rotatable bonds is 12. The van der Waals surface area contributed by atoms with Crippen LogP contribution in [0.5, 0.6) is 0 Å². The SMILES string of the molecule is CC(NC(=O)C(N)Cc1ccccc1)C(=O)NC(C(=O)NC(Cc1cnc[nH]1)C(=O)O)C(C)C. The molecule has 0 radical (unpaired) electrons. The molecule has 0 spiro atoms. The number of aromatic amines is 1. The average Bonchev–Trinajstić information content (AvgIpc) is 3.30. The molecule has 184 valence electrons. The minimum Gasteiger partial charge on any atom is -0.480 e. The Morgan fingerprint density at radius 1 is 0.971 bits per heavy atom. The van der Waals surface area contributed by atoms with E-state index in [4.69, 9.17) is 5.73 Å². The zero-order valence-electron chi connectivity index (χ0n) is 19.4. The molecule has 0 saturated carbocycles. The summed E-state index contributed by atoms with van der Waals surface area (Å²) >= 11 is 0. The average molecular weight is 473 g/mol. The highest BCUT2D eigenvalue weighted by atomic mass is 16.4. The lowest BCUT2D eigenvalue weighted by atomic mass is 10.0. The summed E-state index contributed by atoms with van der Waals surface area (Å²) in [5.41, 5.74) is 7.40. The molecule has 0 fully saturated rings. The summed E-state index contributed by atoms with van der Waals surface area (Å²) in [4.78, 5) is 56.1. The van der Waals surface area contributed by atoms with Crippen LogP contribution in [-0.4, -0.2) is 62.9 Å². The van der Waals surface area contributed by atoms with Crippen LogP contribution in [0.25, 0.3) is 0 Å². The van der Waals surface area contributed by atoms with Crippen molar-refractivity contribution in [1.29, 1.82) is 0 Å². The molecule has 2 rings (SSSR count). The molecule has 3 amide bonds. The molecule has 11 heteroatoms. The first kappa shape index (κ1) is 26.5. The van der Waals surface area contributed by atoms with Crippen LogP contribution < -0.4 is 21.7 Å². The number of hydrogen-bond acceptors (Lipinski definition) is 6. The third-order valence-corrected chi connectivity index (χ3v) is 5.23. The van der Waals surface area contributed by atoms with Crippen molar-refractivity contribution in [2.45, 2.75) is 57.8 Å². The second-order valence-corrected chi connectivity index (χ2v) is 8.44. The first-order valence-corrected chi connectivity index (χ1v) is 11.0. The van der Waals surface area contributed by atoms with E-state index in [9.17, 15) is 24.3 Å². The van der Waals surface area contributed by atoms with Crippen LogP contribution in [0.2, 0.25) is 0 Å². The molecule has 11 nitrogen and oxygen atoms in total. The van der Waals surface area contributed by atoms with E-state index in [1.807, 2.05) is 30.3 Å². The van der Waals surface area contributed by atoms with Gasteiger partial charge >= 0.3 is 5.97 Å². The van der Waals surface area contributed by atoms with Gasteiger partial charge in [-0.2, -0.15) is 0 Å². The Bertz CT molecular complexity index is 963. The normalized spacial score (nSPS) is 14.5. The van der Waals surface area contributed by atoms with Crippen molar-refractivity contribution in [2.75, 3.05) is 0 Å². The van der Waals surface area contributed by atoms with Crippen LogP contribution in [0.15, 0.2) is 42.9 Å². The summed E-state index contributed by atoms with van der Waals surface area (Å²) in [6.07, 6.45) is 3.20. The molecule has 1 aromatic carbocycles. The number of benzene rings is 1. The summed E-state index contributed by atoms with van der Waals surface area (Å²) in [5.74, 6) is -3.29. The zero-order valence-corrected chi connectivity index (χ0v) is 19.4. The van der Waals surface area contributed by atoms with Gasteiger partial charge in [0, 0.05) is 18.3 Å². The van der Waals surface area contributed by atoms with E-state index in [0.717, 1.165) is 5.56 Å². The summed E-state index contributed by atoms with van der Waals surface area (Å²) in [6.45, 7) is 4.92. The molecule has 7 N–H and O–H groups in total. The lowest BCUT2D eigenvalue weighted by Gasteiger charge is -2.26. The van der Waals surface area contributed by atoms with E-state index in [-0.39, 0.29) is 12.3 Å². The van der Waals surface area contributed by atoms with Crippen molar-refractivity contribution in [2.24, 2.45) is 11.7 Å². The molecule has 0 aliphatic rings. The Balaban J connectivity index is 1.94. The van der Waals surface area contributed by atoms with E-state index in [1.54, 1.807) is 13.8 Å². The number of imidazole rings is 1. The van der Waals surface area contributed by atoms with E-state index in [0.29, 0.717) is 12.1 Å². The zero-order chi connectivity index (χ0) is 25.3. The number of amides is 3. The molecule has 0 bridgehead atoms. The maximum Gasteiger partial charge on any atom is 0.326 e. The van der Waals surface area contributed by atoms with E-state index in [1.165, 1.54) is 19.4 Å². The van der Waals surface area contributed by atoms with Crippen molar-refractivity contribution < 1.29 is 24.3 Å². The Labute approximate surface area is 197 Å². The Morgan fingerprint density at radius 3 is 2.21 bits per heavy atom. The number of nitrogens with zero attached hydrogens (tertiary/aromatic N) is 1. The highest BCUT2D eigenvalue weighted by Gasteiger charge is 2.30. The number of aliphatic carboxylic acids is 1. The summed E-state index contributed by atoms with van der Waals surface area (Å²) < 4.78 is 0. The molecule has 1 aromatic heterocycles. The molecule has 4 atom stereocenters. The fraction of sp³-hybridized carbons (Fsp3) is 0.435. The van der Waals surface area contributed by atoms with Gasteiger partial charge in [-0.1, -0.05) is 44.2 Å². The minimum atomic E-state index is -1.22. The van der Waals surface area contributed by atoms with E-state index in [2.05, 4.69) is 25.9 Å². The van der Waals surface area contributed by atoms with Gasteiger partial charge in [0.15, 0.2) is 0 Å². The number of carbonyl (C=O) groups is 4. The van der Waals surface area contributed by atoms with Gasteiger partial charge in [-0.05, 0) is 24.8 Å². The molecule has 0 aliphatic heterocycles. The first-order chi connectivity index (χ1) is 16.1. The van der Waals surface area contributed by atoms with Gasteiger partial charge in [0.25, 0.3) is 0 Å². The van der Waals surface area contributed by atoms with Crippen molar-refractivity contribution in [3.63, 3.8) is 0 Å². The van der Waals surface area contributed by atoms with Crippen molar-refractivity contribution >= 4 is 23.7 Å². The van der Waals surface area contributed by atoms with Crippen LogP contribution >= 0.6 is 0 Å². The summed E-state index contributed by atoms with van der Waals surface area (Å²) in [7, 11) is 0. The third-order valence-electron chi connectivity index (χ3n) is 5.23. The number of carboxylic acids is 1. The Morgan fingerprint density at radius 2 is 1.65 bits per heavy atom. The first-order valence-electron chi connectivity index (χ1n) is 11.0. The van der Waals surface area contributed by atoms with Gasteiger partial charge in [0.1, 0.15) is 18.1 Å². The van der Waals surface area contributed by atoms with Gasteiger partial charge in [-0.25, -0.2) is 9.78 Å². The molecule has 0 aliphatic carbocycles. The van der Waals surface area contributed by atoms with Crippen molar-refractivity contribution in [3.05, 3.63) is 54.1 Å². The Kier molecular flexibility index (Phi) is 9.75. The molecule has 1 heterocycles. The smallest absolute Gasteiger partial charge is 0.326 e. The van der Waals surface area contributed by atoms with Gasteiger partial charge in [0.05, 0.1) is 12.4 Å². The lowest BCUT2D eigenvalue weighted by molar-refractivity contribution is -0.142. The van der Waals surface area contributed by atoms with Crippen LogP contribution in [0.1, 0.15) is 32.0 Å². The molecule has 2 aromatic rings. The number of carbonyl (C=O) groups excluding carboxylic acids is 3. The van der Waals surface area contributed by atoms with Crippen LogP contribution in [-0.2, 0) is 32.0 Å². The van der Waals surface area contributed by atoms with Crippen molar-refractivity contribution in [1.82, 2.24) is 25.9 Å². The third kappa shape index (κ3) is 8.00. The maximum absolute atomic E-state index is 12.8. The number of nitrogens with one attached hydrogen (secondary N) is 4. The summed E-state index contributed by atoms with van der Waals surface area (Å²) in [6, 6.07) is 5.24. The molecular formula is C23H32N6O5. The lowest BCUT2D eigenvalue weighted by Crippen LogP contribution is -2.58. The van der Waals surface area contributed by atoms with Crippen LogP contribution in [0.3, 0.4) is 0 Å². The Hall–Kier alpha value is -3.73. The fourth-order valence-electron chi connectivity index (χ4n) is 3.24. The maximum atomic E-state index is 12.8. The predicted molar refractivity (Wildman–Crippen MR) is 124 cm³/mol. The van der Waals surface area contributed by atoms with Gasteiger partial charge in [-0.3, -0.25) is 14.4 Å². The van der Waals surface area contributed by atoms with E-state index < -0.39 is 47.9 Å². The number of nitrogens with two attached hydrogens (primary N) is 1. The molecule has 4 unspecified atom stereocenters. The standard InChI is InChI=1S/C23H32N6O5/c1-13(2)19(22(32)28-18(23(33)34)10-16-11-25-12-26-16)29-20(30)14(3)27-21(31)17(24)9-15-7-5-4-6-8-15/h4-8,11-14,17-19H,9-10,24H2,1-3H3,(H,25,26)(H,27,31)(H,28,32)(H,29,30)(H,33,34). The van der Waals surface area contributed by atoms with Crippen LogP contribution in [0.4, 0.5) is 0 Å². The number of aromatic nitrogens is 2. The number of carboxylic acid groups (broad SMARTS) is 1. The molecule has 0 saturated heterocycles. The topological polar surface area (TPSA) is 179 Å². The number of hydrogen-bond donors (Lipinski definition) is 6. The quantitative estimate of drug-likeness (QED) is 0.246. The monoisotopic (exact) mass is 472 g/mol. The highest BCUT2D eigenvalue weighted by Crippen LogP contribution is 2.06. The highest BCUT2D eigenvalue weighted by molar-refractivity contribution is 5.94. The molecule has 34 heavy (non-hydrogen) atoms. The van der Waals surface area contributed by atoms with Gasteiger partial charge in [-0.15, -0.1) is 0 Å². The van der Waals surface area contributed by atoms with Gasteiger partial charge in [0.2, 0.25) is 17.7 Å². The van der Waals surface area contributed by atoms with Crippen molar-refractivity contribution in [3.8, 4) is 0 Å². The summed E-state index contributed by atoms with van der Waals surface area (Å²) in [5, 5.41) is 17.1. The van der Waals surface area contributed by atoms with Gasteiger partial charge < -0.3 is 31.8 Å².